The van der Waals surface area contributed by atoms with Crippen molar-refractivity contribution in [3.63, 3.8) is 0 Å². The normalized spacial score (nSPS) is 15.2. The molecule has 0 radical (unpaired) electrons. The number of rotatable bonds is 8. The van der Waals surface area contributed by atoms with Gasteiger partial charge in [-0.15, -0.1) is 0 Å². The number of hydrogen-bond donors (Lipinski definition) is 1. The molecule has 0 saturated carbocycles. The number of hydrogen-bond acceptors (Lipinski definition) is 6. The van der Waals surface area contributed by atoms with Gasteiger partial charge in [-0.25, -0.2) is 9.97 Å². The second-order valence-corrected chi connectivity index (χ2v) is 8.33. The third kappa shape index (κ3) is 6.72. The highest BCUT2D eigenvalue weighted by Crippen LogP contribution is 2.27. The average Bonchev–Trinajstić information content (AvgIpc) is 2.70. The number of nitrogens with one attached hydrogen (secondary N) is 1. The third-order valence-corrected chi connectivity index (χ3v) is 5.36. The van der Waals surface area contributed by atoms with Crippen LogP contribution in [0.25, 0.3) is 0 Å². The van der Waals surface area contributed by atoms with Gasteiger partial charge in [0.1, 0.15) is 12.7 Å². The fourth-order valence-corrected chi connectivity index (χ4v) is 3.51. The Morgan fingerprint density at radius 3 is 2.53 bits per heavy atom. The van der Waals surface area contributed by atoms with Crippen LogP contribution in [0.3, 0.4) is 0 Å². The highest BCUT2D eigenvalue weighted by Gasteiger charge is 2.24. The van der Waals surface area contributed by atoms with Gasteiger partial charge in [-0.05, 0) is 44.4 Å². The van der Waals surface area contributed by atoms with E-state index in [4.69, 9.17) is 32.7 Å². The lowest BCUT2D eigenvalue weighted by molar-refractivity contribution is -0.123. The molecule has 9 heteroatoms. The minimum absolute atomic E-state index is 0.00145. The Balaban J connectivity index is 1.51. The first-order valence-electron chi connectivity index (χ1n) is 9.97. The van der Waals surface area contributed by atoms with E-state index in [1.807, 2.05) is 19.9 Å². The smallest absolute Gasteiger partial charge is 0.278 e. The molecule has 3 rings (SSSR count). The molecule has 2 heterocycles. The summed E-state index contributed by atoms with van der Waals surface area (Å²) in [6, 6.07) is 5.48. The van der Waals surface area contributed by atoms with E-state index in [2.05, 4.69) is 20.2 Å². The lowest BCUT2D eigenvalue weighted by Gasteiger charge is -2.31. The molecule has 30 heavy (non-hydrogen) atoms. The molecule has 2 aromatic rings. The Morgan fingerprint density at radius 2 is 1.87 bits per heavy atom. The first-order valence-corrected chi connectivity index (χ1v) is 10.7. The van der Waals surface area contributed by atoms with Crippen molar-refractivity contribution in [3.05, 3.63) is 46.2 Å². The Kier molecular flexibility index (Phi) is 8.13. The molecular weight excluding hydrogens is 427 g/mol. The maximum atomic E-state index is 11.9. The molecule has 1 fully saturated rings. The number of carbonyl (C=O) groups is 1. The van der Waals surface area contributed by atoms with Gasteiger partial charge in [0.25, 0.3) is 11.8 Å². The van der Waals surface area contributed by atoms with E-state index in [1.165, 1.54) is 0 Å². The number of ether oxygens (including phenoxy) is 2. The highest BCUT2D eigenvalue weighted by molar-refractivity contribution is 6.42. The second-order valence-electron chi connectivity index (χ2n) is 7.52. The summed E-state index contributed by atoms with van der Waals surface area (Å²) >= 11 is 12.0. The van der Waals surface area contributed by atoms with Crippen molar-refractivity contribution >= 4 is 29.1 Å². The summed E-state index contributed by atoms with van der Waals surface area (Å²) in [7, 11) is 0. The summed E-state index contributed by atoms with van der Waals surface area (Å²) < 4.78 is 11.9. The number of aromatic nitrogens is 2. The predicted octanol–water partition coefficient (Wildman–Crippen LogP) is 3.73. The zero-order valence-electron chi connectivity index (χ0n) is 17.1. The number of likely N-dealkylation sites (tertiary alicyclic amines) is 1. The lowest BCUT2D eigenvalue weighted by atomic mass is 10.1. The molecule has 1 aliphatic heterocycles. The molecular formula is C21H26Cl2N4O3. The van der Waals surface area contributed by atoms with Gasteiger partial charge >= 0.3 is 0 Å². The molecule has 1 amide bonds. The molecule has 0 bridgehead atoms. The van der Waals surface area contributed by atoms with E-state index >= 15 is 0 Å². The SMILES string of the molecule is CC(C)NC(=O)CN1CCC(Oc2nccnc2OCc2ccc(Cl)c(Cl)c2)CC1. The van der Waals surface area contributed by atoms with Gasteiger partial charge in [-0.2, -0.15) is 0 Å². The van der Waals surface area contributed by atoms with Crippen LogP contribution in [0.1, 0.15) is 32.3 Å². The van der Waals surface area contributed by atoms with Crippen molar-refractivity contribution in [2.24, 2.45) is 0 Å². The van der Waals surface area contributed by atoms with E-state index in [1.54, 1.807) is 24.5 Å². The van der Waals surface area contributed by atoms with E-state index < -0.39 is 0 Å². The minimum Gasteiger partial charge on any atom is -0.470 e. The maximum absolute atomic E-state index is 11.9. The molecule has 0 aliphatic carbocycles. The molecule has 1 aromatic heterocycles. The second kappa shape index (κ2) is 10.8. The van der Waals surface area contributed by atoms with Crippen LogP contribution < -0.4 is 14.8 Å². The van der Waals surface area contributed by atoms with Crippen LogP contribution in [0.5, 0.6) is 11.8 Å². The molecule has 0 unspecified atom stereocenters. The largest absolute Gasteiger partial charge is 0.470 e. The first-order chi connectivity index (χ1) is 14.4. The summed E-state index contributed by atoms with van der Waals surface area (Å²) in [5, 5.41) is 3.89. The van der Waals surface area contributed by atoms with Crippen molar-refractivity contribution in [3.8, 4) is 11.8 Å². The van der Waals surface area contributed by atoms with Gasteiger partial charge in [-0.1, -0.05) is 29.3 Å². The van der Waals surface area contributed by atoms with Crippen molar-refractivity contribution in [1.82, 2.24) is 20.2 Å². The summed E-state index contributed by atoms with van der Waals surface area (Å²) in [6.07, 6.45) is 4.74. The van der Waals surface area contributed by atoms with E-state index in [9.17, 15) is 4.79 Å². The van der Waals surface area contributed by atoms with Crippen LogP contribution in [-0.2, 0) is 11.4 Å². The van der Waals surface area contributed by atoms with Gasteiger partial charge in [0, 0.05) is 31.5 Å². The molecule has 1 N–H and O–H groups in total. The van der Waals surface area contributed by atoms with Gasteiger partial charge in [0.05, 0.1) is 16.6 Å². The predicted molar refractivity (Wildman–Crippen MR) is 116 cm³/mol. The fraction of sp³-hybridized carbons (Fsp3) is 0.476. The molecule has 1 aliphatic rings. The number of benzene rings is 1. The summed E-state index contributed by atoms with van der Waals surface area (Å²) in [4.78, 5) is 22.6. The van der Waals surface area contributed by atoms with Crippen LogP contribution >= 0.6 is 23.2 Å². The highest BCUT2D eigenvalue weighted by atomic mass is 35.5. The molecule has 162 valence electrons. The molecule has 0 spiro atoms. The number of carbonyl (C=O) groups excluding carboxylic acids is 1. The van der Waals surface area contributed by atoms with Crippen molar-refractivity contribution < 1.29 is 14.3 Å². The standard InChI is InChI=1S/C21H26Cl2N4O3/c1-14(2)26-19(28)12-27-9-5-16(6-10-27)30-21-20(24-7-8-25-21)29-13-15-3-4-17(22)18(23)11-15/h3-4,7-8,11,14,16H,5-6,9-10,12-13H2,1-2H3,(H,26,28). The monoisotopic (exact) mass is 452 g/mol. The number of halogens is 2. The van der Waals surface area contributed by atoms with E-state index in [0.717, 1.165) is 31.5 Å². The van der Waals surface area contributed by atoms with Gasteiger partial charge in [-0.3, -0.25) is 9.69 Å². The maximum Gasteiger partial charge on any atom is 0.278 e. The summed E-state index contributed by atoms with van der Waals surface area (Å²) in [5.74, 6) is 0.757. The summed E-state index contributed by atoms with van der Waals surface area (Å²) in [5.41, 5.74) is 0.869. The van der Waals surface area contributed by atoms with Crippen molar-refractivity contribution in [1.29, 1.82) is 0 Å². The van der Waals surface area contributed by atoms with Crippen molar-refractivity contribution in [2.45, 2.75) is 45.4 Å². The number of nitrogens with zero attached hydrogens (tertiary/aromatic N) is 3. The lowest BCUT2D eigenvalue weighted by Crippen LogP contribution is -2.45. The van der Waals surface area contributed by atoms with Crippen LogP contribution in [0, 0.1) is 0 Å². The Hall–Kier alpha value is -2.09. The molecule has 1 aromatic carbocycles. The topological polar surface area (TPSA) is 76.6 Å². The zero-order chi connectivity index (χ0) is 21.5. The summed E-state index contributed by atoms with van der Waals surface area (Å²) in [6.45, 7) is 6.18. The molecule has 7 nitrogen and oxygen atoms in total. The third-order valence-electron chi connectivity index (χ3n) is 4.62. The first kappa shape index (κ1) is 22.6. The van der Waals surface area contributed by atoms with Crippen molar-refractivity contribution in [2.75, 3.05) is 19.6 Å². The molecule has 0 atom stereocenters. The Morgan fingerprint density at radius 1 is 1.17 bits per heavy atom. The Bertz CT molecular complexity index is 858. The Labute approximate surface area is 186 Å². The minimum atomic E-state index is -0.00145. The zero-order valence-corrected chi connectivity index (χ0v) is 18.6. The number of amides is 1. The van der Waals surface area contributed by atoms with Crippen LogP contribution in [0.2, 0.25) is 10.0 Å². The van der Waals surface area contributed by atoms with E-state index in [-0.39, 0.29) is 24.7 Å². The van der Waals surface area contributed by atoms with Crippen LogP contribution in [-0.4, -0.2) is 52.6 Å². The quantitative estimate of drug-likeness (QED) is 0.657. The van der Waals surface area contributed by atoms with Crippen LogP contribution in [0.4, 0.5) is 0 Å². The van der Waals surface area contributed by atoms with Gasteiger partial charge in [0.15, 0.2) is 0 Å². The van der Waals surface area contributed by atoms with Gasteiger partial charge < -0.3 is 14.8 Å². The van der Waals surface area contributed by atoms with Gasteiger partial charge in [0.2, 0.25) is 5.91 Å². The van der Waals surface area contributed by atoms with Crippen LogP contribution in [0.15, 0.2) is 30.6 Å². The molecule has 1 saturated heterocycles. The average molecular weight is 453 g/mol. The fourth-order valence-electron chi connectivity index (χ4n) is 3.19. The number of piperidine rings is 1. The van der Waals surface area contributed by atoms with E-state index in [0.29, 0.717) is 28.3 Å².